The van der Waals surface area contributed by atoms with Crippen molar-refractivity contribution in [2.24, 2.45) is 0 Å². The number of anilines is 2. The van der Waals surface area contributed by atoms with Gasteiger partial charge in [-0.3, -0.25) is 9.35 Å². The molecule has 0 spiro atoms. The number of rotatable bonds is 9. The molecule has 8 heteroatoms. The molecule has 0 radical (unpaired) electrons. The summed E-state index contributed by atoms with van der Waals surface area (Å²) < 4.78 is 36.8. The number of carbonyl (C=O) groups excluding carboxylic acids is 1. The summed E-state index contributed by atoms with van der Waals surface area (Å²) in [7, 11) is -2.60. The molecule has 0 aromatic heterocycles. The highest BCUT2D eigenvalue weighted by atomic mass is 32.2. The highest BCUT2D eigenvalue weighted by Crippen LogP contribution is 2.32. The highest BCUT2D eigenvalue weighted by molar-refractivity contribution is 7.85. The summed E-state index contributed by atoms with van der Waals surface area (Å²) in [5.41, 5.74) is 2.13. The molecule has 2 N–H and O–H groups in total. The summed E-state index contributed by atoms with van der Waals surface area (Å²) in [4.78, 5) is 12.5. The minimum Gasteiger partial charge on any atom is -0.495 e. The van der Waals surface area contributed by atoms with Crippen LogP contribution >= 0.6 is 0 Å². The van der Waals surface area contributed by atoms with Gasteiger partial charge in [0, 0.05) is 18.8 Å². The third-order valence-corrected chi connectivity index (χ3v) is 4.28. The van der Waals surface area contributed by atoms with E-state index in [0.29, 0.717) is 30.1 Å². The van der Waals surface area contributed by atoms with Crippen molar-refractivity contribution in [1.82, 2.24) is 0 Å². The summed E-state index contributed by atoms with van der Waals surface area (Å²) in [6.45, 7) is 0.478. The molecule has 2 aromatic carbocycles. The van der Waals surface area contributed by atoms with Gasteiger partial charge in [-0.25, -0.2) is 0 Å². The van der Waals surface area contributed by atoms with Gasteiger partial charge in [0.05, 0.1) is 18.6 Å². The van der Waals surface area contributed by atoms with Crippen molar-refractivity contribution >= 4 is 27.9 Å². The van der Waals surface area contributed by atoms with Crippen LogP contribution in [0.1, 0.15) is 5.56 Å². The number of ether oxygens (including phenoxy) is 1. The van der Waals surface area contributed by atoms with E-state index in [2.05, 4.69) is 5.32 Å². The van der Waals surface area contributed by atoms with E-state index in [4.69, 9.17) is 9.29 Å². The third-order valence-electron chi connectivity index (χ3n) is 3.58. The second-order valence-electron chi connectivity index (χ2n) is 5.34. The molecule has 0 unspecified atom stereocenters. The van der Waals surface area contributed by atoms with Gasteiger partial charge in [0.1, 0.15) is 5.75 Å². The van der Waals surface area contributed by atoms with Crippen LogP contribution in [0.2, 0.25) is 0 Å². The van der Waals surface area contributed by atoms with Crippen molar-refractivity contribution in [3.63, 3.8) is 0 Å². The lowest BCUT2D eigenvalue weighted by Gasteiger charge is -2.26. The van der Waals surface area contributed by atoms with Crippen LogP contribution in [0.15, 0.2) is 48.5 Å². The van der Waals surface area contributed by atoms with Crippen molar-refractivity contribution < 1.29 is 22.5 Å². The smallest absolute Gasteiger partial charge is 0.266 e. The van der Waals surface area contributed by atoms with E-state index in [1.807, 2.05) is 30.3 Å². The van der Waals surface area contributed by atoms with Crippen LogP contribution in [-0.2, 0) is 21.5 Å². The summed E-state index contributed by atoms with van der Waals surface area (Å²) in [5.74, 6) is 0.108. The average Bonchev–Trinajstić information content (AvgIpc) is 2.59. The standard InChI is InChI=1S/C17H20N2O5S/c1-24-17-8-7-15(18-13-20)11-16(17)19(9-10-25(21,22)23)12-14-5-3-2-4-6-14/h2-8,11,13H,9-10,12H2,1H3,(H,18,20)(H,21,22,23). The Bertz CT molecular complexity index is 809. The van der Waals surface area contributed by atoms with Crippen LogP contribution in [0.4, 0.5) is 11.4 Å². The van der Waals surface area contributed by atoms with E-state index in [1.54, 1.807) is 23.1 Å². The first-order valence-corrected chi connectivity index (χ1v) is 9.16. The molecule has 7 nitrogen and oxygen atoms in total. The van der Waals surface area contributed by atoms with Crippen LogP contribution < -0.4 is 15.0 Å². The molecule has 0 saturated carbocycles. The Hall–Kier alpha value is -2.58. The summed E-state index contributed by atoms with van der Waals surface area (Å²) >= 11 is 0. The molecule has 0 atom stereocenters. The summed E-state index contributed by atoms with van der Waals surface area (Å²) in [6, 6.07) is 14.6. The van der Waals surface area contributed by atoms with Gasteiger partial charge in [0.2, 0.25) is 6.41 Å². The number of amides is 1. The molecule has 1 amide bonds. The van der Waals surface area contributed by atoms with E-state index in [9.17, 15) is 13.2 Å². The number of carbonyl (C=O) groups is 1. The van der Waals surface area contributed by atoms with Crippen LogP contribution in [0, 0.1) is 0 Å². The quantitative estimate of drug-likeness (QED) is 0.523. The Kier molecular flexibility index (Phi) is 6.37. The molecule has 2 rings (SSSR count). The number of methoxy groups -OCH3 is 1. The minimum atomic E-state index is -4.11. The molecular formula is C17H20N2O5S. The molecule has 134 valence electrons. The molecular weight excluding hydrogens is 344 g/mol. The van der Waals surface area contributed by atoms with Crippen molar-refractivity contribution in [1.29, 1.82) is 0 Å². The summed E-state index contributed by atoms with van der Waals surface area (Å²) in [5, 5.41) is 2.56. The molecule has 0 fully saturated rings. The van der Waals surface area contributed by atoms with E-state index < -0.39 is 15.9 Å². The zero-order chi connectivity index (χ0) is 18.3. The lowest BCUT2D eigenvalue weighted by Crippen LogP contribution is -2.29. The predicted octanol–water partition coefficient (Wildman–Crippen LogP) is 2.16. The van der Waals surface area contributed by atoms with Crippen molar-refractivity contribution in [2.45, 2.75) is 6.54 Å². The minimum absolute atomic E-state index is 0.0641. The van der Waals surface area contributed by atoms with Gasteiger partial charge >= 0.3 is 0 Å². The monoisotopic (exact) mass is 364 g/mol. The molecule has 0 bridgehead atoms. The number of nitrogens with zero attached hydrogens (tertiary/aromatic N) is 1. The number of nitrogens with one attached hydrogen (secondary N) is 1. The van der Waals surface area contributed by atoms with E-state index >= 15 is 0 Å². The van der Waals surface area contributed by atoms with Crippen molar-refractivity contribution in [2.75, 3.05) is 29.6 Å². The summed E-state index contributed by atoms with van der Waals surface area (Å²) in [6.07, 6.45) is 0.561. The zero-order valence-corrected chi connectivity index (χ0v) is 14.6. The van der Waals surface area contributed by atoms with Crippen LogP contribution in [0.3, 0.4) is 0 Å². The van der Waals surface area contributed by atoms with Gasteiger partial charge in [-0.1, -0.05) is 30.3 Å². The van der Waals surface area contributed by atoms with Crippen molar-refractivity contribution in [3.8, 4) is 5.75 Å². The lowest BCUT2D eigenvalue weighted by molar-refractivity contribution is -0.105. The largest absolute Gasteiger partial charge is 0.495 e. The Morgan fingerprint density at radius 1 is 1.20 bits per heavy atom. The predicted molar refractivity (Wildman–Crippen MR) is 96.6 cm³/mol. The van der Waals surface area contributed by atoms with Crippen LogP contribution in [0.25, 0.3) is 0 Å². The second kappa shape index (κ2) is 8.50. The Balaban J connectivity index is 2.38. The maximum atomic E-state index is 11.2. The highest BCUT2D eigenvalue weighted by Gasteiger charge is 2.16. The van der Waals surface area contributed by atoms with Gasteiger partial charge in [0.15, 0.2) is 0 Å². The van der Waals surface area contributed by atoms with E-state index in [1.165, 1.54) is 7.11 Å². The first kappa shape index (κ1) is 18.8. The lowest BCUT2D eigenvalue weighted by atomic mass is 10.1. The fourth-order valence-corrected chi connectivity index (χ4v) is 2.86. The molecule has 25 heavy (non-hydrogen) atoms. The fraction of sp³-hybridized carbons (Fsp3) is 0.235. The average molecular weight is 364 g/mol. The Morgan fingerprint density at radius 2 is 1.92 bits per heavy atom. The fourth-order valence-electron chi connectivity index (χ4n) is 2.41. The van der Waals surface area contributed by atoms with Crippen LogP contribution in [0.5, 0.6) is 5.75 Å². The number of hydrogen-bond donors (Lipinski definition) is 2. The molecule has 0 saturated heterocycles. The molecule has 0 aliphatic rings. The molecule has 0 heterocycles. The topological polar surface area (TPSA) is 95.9 Å². The Labute approximate surface area is 147 Å². The third kappa shape index (κ3) is 5.77. The normalized spacial score (nSPS) is 11.0. The first-order chi connectivity index (χ1) is 11.9. The van der Waals surface area contributed by atoms with Gasteiger partial charge in [-0.15, -0.1) is 0 Å². The van der Waals surface area contributed by atoms with E-state index in [0.717, 1.165) is 5.56 Å². The number of benzene rings is 2. The van der Waals surface area contributed by atoms with E-state index in [-0.39, 0.29) is 6.54 Å². The van der Waals surface area contributed by atoms with Gasteiger partial charge in [-0.05, 0) is 23.8 Å². The molecule has 2 aromatic rings. The molecule has 0 aliphatic carbocycles. The SMILES string of the molecule is COc1ccc(NC=O)cc1N(CCS(=O)(=O)O)Cc1ccccc1. The maximum Gasteiger partial charge on any atom is 0.266 e. The van der Waals surface area contributed by atoms with Gasteiger partial charge < -0.3 is 15.0 Å². The van der Waals surface area contributed by atoms with Crippen LogP contribution in [-0.4, -0.2) is 38.8 Å². The Morgan fingerprint density at radius 3 is 2.52 bits per heavy atom. The molecule has 0 aliphatic heterocycles. The maximum absolute atomic E-state index is 11.2. The van der Waals surface area contributed by atoms with Gasteiger partial charge in [0.25, 0.3) is 10.1 Å². The van der Waals surface area contributed by atoms with Crippen molar-refractivity contribution in [3.05, 3.63) is 54.1 Å². The van der Waals surface area contributed by atoms with Gasteiger partial charge in [-0.2, -0.15) is 8.42 Å². The number of hydrogen-bond acceptors (Lipinski definition) is 5. The zero-order valence-electron chi connectivity index (χ0n) is 13.8. The first-order valence-electron chi connectivity index (χ1n) is 7.55. The second-order valence-corrected chi connectivity index (χ2v) is 6.91.